The maximum Gasteiger partial charge on any atom is 0.202 e. The molecule has 1 saturated heterocycles. The molecule has 0 aromatic heterocycles. The second-order valence-electron chi connectivity index (χ2n) is 11.4. The fraction of sp³-hybridized carbons (Fsp3) is 0.731. The molecule has 30 heavy (non-hydrogen) atoms. The molecule has 1 aliphatic heterocycles. The molecule has 170 valence electrons. The van der Waals surface area contributed by atoms with Gasteiger partial charge in [0.15, 0.2) is 0 Å². The minimum absolute atomic E-state index is 0.197. The molecule has 1 N–H and O–H groups in total. The molecule has 4 heteroatoms. The van der Waals surface area contributed by atoms with E-state index in [1.54, 1.807) is 0 Å². The van der Waals surface area contributed by atoms with E-state index in [-0.39, 0.29) is 10.3 Å². The predicted molar refractivity (Wildman–Crippen MR) is 137 cm³/mol. The Morgan fingerprint density at radius 2 is 1.33 bits per heavy atom. The van der Waals surface area contributed by atoms with Gasteiger partial charge in [0, 0.05) is 31.5 Å². The van der Waals surface area contributed by atoms with Crippen molar-refractivity contribution in [2.24, 2.45) is 4.99 Å². The van der Waals surface area contributed by atoms with Crippen LogP contribution in [0.15, 0.2) is 23.2 Å². The van der Waals surface area contributed by atoms with Crippen molar-refractivity contribution in [2.45, 2.75) is 111 Å². The lowest BCUT2D eigenvalue weighted by Gasteiger charge is -2.44. The summed E-state index contributed by atoms with van der Waals surface area (Å²) in [4.78, 5) is 7.95. The van der Waals surface area contributed by atoms with Gasteiger partial charge in [-0.25, -0.2) is 4.99 Å². The van der Waals surface area contributed by atoms with Crippen LogP contribution in [-0.4, -0.2) is 34.3 Å². The number of nitrogens with zero attached hydrogens (tertiary/aromatic N) is 2. The topological polar surface area (TPSA) is 27.6 Å². The smallest absolute Gasteiger partial charge is 0.202 e. The molecule has 1 aliphatic rings. The van der Waals surface area contributed by atoms with Gasteiger partial charge in [0.2, 0.25) is 5.96 Å². The summed E-state index contributed by atoms with van der Waals surface area (Å²) in [7, 11) is -0.476. The molecule has 0 atom stereocenters. The fourth-order valence-electron chi connectivity index (χ4n) is 4.46. The van der Waals surface area contributed by atoms with Crippen molar-refractivity contribution in [2.75, 3.05) is 13.1 Å². The van der Waals surface area contributed by atoms with Crippen molar-refractivity contribution in [3.63, 3.8) is 0 Å². The van der Waals surface area contributed by atoms with E-state index in [0.29, 0.717) is 11.8 Å². The molecule has 1 fully saturated rings. The van der Waals surface area contributed by atoms with Crippen molar-refractivity contribution in [3.8, 4) is 0 Å². The average Bonchev–Trinajstić information content (AvgIpc) is 2.63. The molecule has 2 rings (SSSR count). The van der Waals surface area contributed by atoms with Crippen molar-refractivity contribution in [1.29, 1.82) is 0 Å². The van der Waals surface area contributed by atoms with Crippen LogP contribution in [-0.2, 0) is 0 Å². The lowest BCUT2D eigenvalue weighted by molar-refractivity contribution is 0.336. The number of hydrogen-bond donors (Lipinski definition) is 1. The van der Waals surface area contributed by atoms with E-state index >= 15 is 0 Å². The van der Waals surface area contributed by atoms with Crippen LogP contribution in [0.3, 0.4) is 0 Å². The number of hydrogen-bond acceptors (Lipinski definition) is 1. The van der Waals surface area contributed by atoms with E-state index in [9.17, 15) is 0 Å². The van der Waals surface area contributed by atoms with Crippen LogP contribution in [0.2, 0.25) is 0 Å². The first-order valence-corrected chi connectivity index (χ1v) is 13.2. The molecule has 0 amide bonds. The number of likely N-dealkylation sites (tertiary alicyclic amines) is 1. The normalized spacial score (nSPS) is 16.7. The summed E-state index contributed by atoms with van der Waals surface area (Å²) in [6.45, 7) is 25.5. The minimum Gasteiger partial charge on any atom is -0.342 e. The molecule has 0 unspecified atom stereocenters. The molecular formula is C26H46N3P. The molecule has 0 radical (unpaired) electrons. The highest BCUT2D eigenvalue weighted by molar-refractivity contribution is 7.59. The maximum atomic E-state index is 5.44. The number of benzene rings is 1. The zero-order chi connectivity index (χ0) is 22.7. The Balaban J connectivity index is 2.62. The van der Waals surface area contributed by atoms with E-state index in [2.05, 4.69) is 97.4 Å². The molecule has 1 heterocycles. The number of piperidine rings is 1. The second-order valence-corrected chi connectivity index (χ2v) is 14.9. The highest BCUT2D eigenvalue weighted by Gasteiger charge is 2.36. The maximum absolute atomic E-state index is 5.44. The van der Waals surface area contributed by atoms with Gasteiger partial charge in [-0.1, -0.05) is 87.4 Å². The van der Waals surface area contributed by atoms with E-state index in [0.717, 1.165) is 19.0 Å². The molecule has 0 spiro atoms. The highest BCUT2D eigenvalue weighted by Crippen LogP contribution is 2.56. The van der Waals surface area contributed by atoms with E-state index in [1.165, 1.54) is 36.1 Å². The fourth-order valence-corrected chi connectivity index (χ4v) is 7.54. The summed E-state index contributed by atoms with van der Waals surface area (Å²) in [6.07, 6.45) is 3.84. The van der Waals surface area contributed by atoms with E-state index in [4.69, 9.17) is 4.99 Å². The number of rotatable bonds is 4. The summed E-state index contributed by atoms with van der Waals surface area (Å²) in [5.41, 5.74) is 3.90. The molecule has 0 bridgehead atoms. The third kappa shape index (κ3) is 6.46. The van der Waals surface area contributed by atoms with Crippen molar-refractivity contribution < 1.29 is 0 Å². The lowest BCUT2D eigenvalue weighted by atomic mass is 9.93. The molecule has 0 aliphatic carbocycles. The Morgan fingerprint density at radius 1 is 0.867 bits per heavy atom. The largest absolute Gasteiger partial charge is 0.342 e. The lowest BCUT2D eigenvalue weighted by Crippen LogP contribution is -2.46. The quantitative estimate of drug-likeness (QED) is 0.297. The van der Waals surface area contributed by atoms with Gasteiger partial charge in [0.25, 0.3) is 0 Å². The first-order valence-electron chi connectivity index (χ1n) is 11.9. The van der Waals surface area contributed by atoms with Crippen molar-refractivity contribution in [1.82, 2.24) is 9.99 Å². The summed E-state index contributed by atoms with van der Waals surface area (Å²) >= 11 is 0. The summed E-state index contributed by atoms with van der Waals surface area (Å²) < 4.78 is 0. The van der Waals surface area contributed by atoms with Crippen LogP contribution >= 0.6 is 8.07 Å². The first kappa shape index (κ1) is 25.2. The first-order chi connectivity index (χ1) is 13.8. The molecule has 0 saturated carbocycles. The summed E-state index contributed by atoms with van der Waals surface area (Å²) in [5.74, 6) is 2.01. The third-order valence-electron chi connectivity index (χ3n) is 5.77. The number of guanidine groups is 1. The van der Waals surface area contributed by atoms with E-state index < -0.39 is 8.07 Å². The Labute approximate surface area is 187 Å². The van der Waals surface area contributed by atoms with Crippen LogP contribution < -0.4 is 5.09 Å². The monoisotopic (exact) mass is 431 g/mol. The van der Waals surface area contributed by atoms with Crippen LogP contribution in [0.1, 0.15) is 111 Å². The standard InChI is InChI=1S/C26H46N3P/c1-19(2)21-15-14-16-22(20(3)4)23(21)27-24(29-17-12-11-13-18-29)28-30(25(5,6)7)26(8,9)10/h14-16,19-20H,11-13,17-18H2,1-10H3,(H,27,28). The average molecular weight is 432 g/mol. The van der Waals surface area contributed by atoms with Gasteiger partial charge in [-0.15, -0.1) is 0 Å². The molecule has 1 aromatic carbocycles. The summed E-state index contributed by atoms with van der Waals surface area (Å²) in [6, 6.07) is 6.73. The predicted octanol–water partition coefficient (Wildman–Crippen LogP) is 7.99. The van der Waals surface area contributed by atoms with Gasteiger partial charge in [0.05, 0.1) is 5.69 Å². The van der Waals surface area contributed by atoms with Gasteiger partial charge < -0.3 is 9.99 Å². The van der Waals surface area contributed by atoms with Gasteiger partial charge in [-0.05, 0) is 42.2 Å². The molecule has 1 aromatic rings. The Bertz CT molecular complexity index is 677. The number of aliphatic imine (C=N–C) groups is 1. The molecular weight excluding hydrogens is 385 g/mol. The SMILES string of the molecule is CC(C)c1cccc(C(C)C)c1N=C(NP(C(C)(C)C)C(C)(C)C)N1CCCCC1. The summed E-state index contributed by atoms with van der Waals surface area (Å²) in [5, 5.41) is 4.42. The molecule has 3 nitrogen and oxygen atoms in total. The van der Waals surface area contributed by atoms with Crippen molar-refractivity contribution >= 4 is 19.7 Å². The second kappa shape index (κ2) is 10.0. The van der Waals surface area contributed by atoms with Crippen LogP contribution in [0.5, 0.6) is 0 Å². The highest BCUT2D eigenvalue weighted by atomic mass is 31.1. The number of nitrogens with one attached hydrogen (secondary N) is 1. The van der Waals surface area contributed by atoms with Crippen LogP contribution in [0.4, 0.5) is 5.69 Å². The zero-order valence-electron chi connectivity index (χ0n) is 21.3. The van der Waals surface area contributed by atoms with Gasteiger partial charge in [-0.2, -0.15) is 0 Å². The Morgan fingerprint density at radius 3 is 1.73 bits per heavy atom. The number of para-hydroxylation sites is 1. The van der Waals surface area contributed by atoms with Crippen molar-refractivity contribution in [3.05, 3.63) is 29.3 Å². The van der Waals surface area contributed by atoms with Crippen LogP contribution in [0, 0.1) is 0 Å². The van der Waals surface area contributed by atoms with Gasteiger partial charge in [-0.3, -0.25) is 0 Å². The minimum atomic E-state index is -0.476. The Kier molecular flexibility index (Phi) is 8.42. The zero-order valence-corrected chi connectivity index (χ0v) is 22.2. The van der Waals surface area contributed by atoms with Gasteiger partial charge in [0.1, 0.15) is 0 Å². The third-order valence-corrected chi connectivity index (χ3v) is 8.88. The van der Waals surface area contributed by atoms with E-state index in [1.807, 2.05) is 0 Å². The Hall–Kier alpha value is -1.08. The van der Waals surface area contributed by atoms with Gasteiger partial charge >= 0.3 is 0 Å². The van der Waals surface area contributed by atoms with Crippen LogP contribution in [0.25, 0.3) is 0 Å².